The maximum Gasteiger partial charge on any atom is 0.229 e. The van der Waals surface area contributed by atoms with Gasteiger partial charge in [0.25, 0.3) is 0 Å². The second-order valence-corrected chi connectivity index (χ2v) is 10.4. The van der Waals surface area contributed by atoms with Crippen LogP contribution >= 0.6 is 11.3 Å². The number of nitrogens with zero attached hydrogens (tertiary/aromatic N) is 2. The number of furan rings is 1. The summed E-state index contributed by atoms with van der Waals surface area (Å²) < 4.78 is 49.9. The van der Waals surface area contributed by atoms with Crippen molar-refractivity contribution in [3.05, 3.63) is 72.4 Å². The fourth-order valence-corrected chi connectivity index (χ4v) is 5.59. The Morgan fingerprint density at radius 3 is 2.67 bits per heavy atom. The fourth-order valence-electron chi connectivity index (χ4n) is 3.27. The van der Waals surface area contributed by atoms with Gasteiger partial charge in [-0.05, 0) is 61.0 Å². The van der Waals surface area contributed by atoms with Crippen molar-refractivity contribution in [3.8, 4) is 5.75 Å². The van der Waals surface area contributed by atoms with Crippen LogP contribution in [0.15, 0.2) is 70.2 Å². The minimum atomic E-state index is -3.55. The molecule has 0 radical (unpaired) electrons. The monoisotopic (exact) mass is 488 g/mol. The molecule has 0 unspecified atom stereocenters. The van der Waals surface area contributed by atoms with Crippen molar-refractivity contribution >= 4 is 42.4 Å². The SMILES string of the molecule is COc1ccc(S(=O)(=O)CCCC(=O)N(Cc2ccco2)c2nc3ccc(F)cc3s2)cc1. The maximum atomic E-state index is 13.6. The smallest absolute Gasteiger partial charge is 0.229 e. The largest absolute Gasteiger partial charge is 0.497 e. The first-order valence-corrected chi connectivity index (χ1v) is 12.6. The highest BCUT2D eigenvalue weighted by Crippen LogP contribution is 2.31. The number of amides is 1. The highest BCUT2D eigenvalue weighted by molar-refractivity contribution is 7.91. The molecule has 1 amide bonds. The van der Waals surface area contributed by atoms with E-state index in [0.29, 0.717) is 26.9 Å². The number of anilines is 1. The molecule has 0 saturated carbocycles. The highest BCUT2D eigenvalue weighted by atomic mass is 32.2. The molecule has 0 spiro atoms. The maximum absolute atomic E-state index is 13.6. The van der Waals surface area contributed by atoms with E-state index in [1.807, 2.05) is 0 Å². The number of ether oxygens (including phenoxy) is 1. The number of halogens is 1. The summed E-state index contributed by atoms with van der Waals surface area (Å²) in [5.74, 6) is 0.263. The molecule has 4 rings (SSSR count). The third-order valence-electron chi connectivity index (χ3n) is 4.99. The number of benzene rings is 2. The van der Waals surface area contributed by atoms with Crippen molar-refractivity contribution in [2.24, 2.45) is 0 Å². The number of thiazole rings is 1. The third kappa shape index (κ3) is 5.40. The van der Waals surface area contributed by atoms with Crippen LogP contribution in [0.1, 0.15) is 18.6 Å². The highest BCUT2D eigenvalue weighted by Gasteiger charge is 2.23. The van der Waals surface area contributed by atoms with Crippen molar-refractivity contribution in [1.82, 2.24) is 4.98 Å². The molecule has 2 heterocycles. The normalized spacial score (nSPS) is 11.6. The van der Waals surface area contributed by atoms with E-state index in [1.54, 1.807) is 30.3 Å². The Bertz CT molecular complexity index is 1350. The van der Waals surface area contributed by atoms with Crippen molar-refractivity contribution in [3.63, 3.8) is 0 Å². The van der Waals surface area contributed by atoms with Crippen LogP contribution in [0.3, 0.4) is 0 Å². The van der Waals surface area contributed by atoms with Gasteiger partial charge in [-0.15, -0.1) is 0 Å². The van der Waals surface area contributed by atoms with Gasteiger partial charge in [-0.3, -0.25) is 9.69 Å². The standard InChI is InChI=1S/C23H21FN2O5S2/c1-30-17-7-9-19(10-8-17)33(28,29)13-3-5-22(27)26(15-18-4-2-12-31-18)23-25-20-11-6-16(24)14-21(20)32-23/h2,4,6-12,14H,3,5,13,15H2,1H3. The molecule has 0 aliphatic heterocycles. The van der Waals surface area contributed by atoms with Crippen LogP contribution in [0.25, 0.3) is 10.2 Å². The molecule has 33 heavy (non-hydrogen) atoms. The molecule has 2 aromatic carbocycles. The van der Waals surface area contributed by atoms with E-state index in [4.69, 9.17) is 9.15 Å². The number of fused-ring (bicyclic) bond motifs is 1. The van der Waals surface area contributed by atoms with Crippen LogP contribution in [-0.2, 0) is 21.2 Å². The number of rotatable bonds is 9. The molecule has 0 aliphatic rings. The van der Waals surface area contributed by atoms with Gasteiger partial charge in [-0.1, -0.05) is 11.3 Å². The molecule has 2 aromatic heterocycles. The lowest BCUT2D eigenvalue weighted by molar-refractivity contribution is -0.118. The summed E-state index contributed by atoms with van der Waals surface area (Å²) >= 11 is 1.19. The Labute approximate surface area is 194 Å². The van der Waals surface area contributed by atoms with Crippen LogP contribution < -0.4 is 9.64 Å². The molecule has 10 heteroatoms. The second-order valence-electron chi connectivity index (χ2n) is 7.27. The van der Waals surface area contributed by atoms with E-state index in [-0.39, 0.29) is 41.8 Å². The number of sulfone groups is 1. The lowest BCUT2D eigenvalue weighted by atomic mass is 10.3. The molecule has 0 aliphatic carbocycles. The quantitative estimate of drug-likeness (QED) is 0.335. The summed E-state index contributed by atoms with van der Waals surface area (Å²) in [6.07, 6.45) is 1.65. The van der Waals surface area contributed by atoms with Gasteiger partial charge < -0.3 is 9.15 Å². The lowest BCUT2D eigenvalue weighted by Crippen LogP contribution is -2.30. The number of hydrogen-bond acceptors (Lipinski definition) is 7. The average molecular weight is 489 g/mol. The molecule has 0 bridgehead atoms. The van der Waals surface area contributed by atoms with Crippen LogP contribution in [0.4, 0.5) is 9.52 Å². The zero-order chi connectivity index (χ0) is 23.4. The fraction of sp³-hybridized carbons (Fsp3) is 0.217. The molecule has 172 valence electrons. The number of methoxy groups -OCH3 is 1. The van der Waals surface area contributed by atoms with Crippen LogP contribution in [0, 0.1) is 5.82 Å². The molecule has 4 aromatic rings. The number of carbonyl (C=O) groups excluding carboxylic acids is 1. The van der Waals surface area contributed by atoms with Gasteiger partial charge in [-0.2, -0.15) is 0 Å². The minimum absolute atomic E-state index is 0.000377. The van der Waals surface area contributed by atoms with Gasteiger partial charge in [0.05, 0.1) is 40.8 Å². The topological polar surface area (TPSA) is 89.7 Å². The van der Waals surface area contributed by atoms with Gasteiger partial charge in [0.1, 0.15) is 17.3 Å². The lowest BCUT2D eigenvalue weighted by Gasteiger charge is -2.18. The van der Waals surface area contributed by atoms with E-state index in [0.717, 1.165) is 0 Å². The molecule has 0 fully saturated rings. The summed E-state index contributed by atoms with van der Waals surface area (Å²) in [4.78, 5) is 19.2. The Morgan fingerprint density at radius 2 is 1.97 bits per heavy atom. The summed E-state index contributed by atoms with van der Waals surface area (Å²) in [7, 11) is -2.04. The molecule has 7 nitrogen and oxygen atoms in total. The first-order chi connectivity index (χ1) is 15.9. The molecule has 0 N–H and O–H groups in total. The number of aromatic nitrogens is 1. The zero-order valence-corrected chi connectivity index (χ0v) is 19.4. The van der Waals surface area contributed by atoms with Crippen molar-refractivity contribution < 1.29 is 26.8 Å². The first kappa shape index (κ1) is 22.9. The summed E-state index contributed by atoms with van der Waals surface area (Å²) in [6.45, 7) is 0.138. The van der Waals surface area contributed by atoms with Gasteiger partial charge in [0.2, 0.25) is 5.91 Å². The third-order valence-corrected chi connectivity index (χ3v) is 7.85. The Kier molecular flexibility index (Phi) is 6.75. The summed E-state index contributed by atoms with van der Waals surface area (Å²) in [5.41, 5.74) is 0.579. The zero-order valence-electron chi connectivity index (χ0n) is 17.7. The molecule has 0 saturated heterocycles. The van der Waals surface area contributed by atoms with E-state index in [1.165, 1.54) is 53.9 Å². The van der Waals surface area contributed by atoms with Crippen LogP contribution in [0.5, 0.6) is 5.75 Å². The Hall–Kier alpha value is -3.24. The second kappa shape index (κ2) is 9.72. The van der Waals surface area contributed by atoms with Crippen molar-refractivity contribution in [2.75, 3.05) is 17.8 Å². The Balaban J connectivity index is 1.48. The predicted octanol–water partition coefficient (Wildman–Crippen LogP) is 4.82. The van der Waals surface area contributed by atoms with Crippen molar-refractivity contribution in [2.45, 2.75) is 24.3 Å². The van der Waals surface area contributed by atoms with Gasteiger partial charge in [0.15, 0.2) is 15.0 Å². The van der Waals surface area contributed by atoms with E-state index < -0.39 is 9.84 Å². The molecule has 0 atom stereocenters. The van der Waals surface area contributed by atoms with E-state index in [9.17, 15) is 17.6 Å². The van der Waals surface area contributed by atoms with Crippen LogP contribution in [-0.4, -0.2) is 32.2 Å². The van der Waals surface area contributed by atoms with E-state index in [2.05, 4.69) is 4.98 Å². The van der Waals surface area contributed by atoms with Crippen LogP contribution in [0.2, 0.25) is 0 Å². The number of hydrogen-bond donors (Lipinski definition) is 0. The predicted molar refractivity (Wildman–Crippen MR) is 124 cm³/mol. The molecular formula is C23H21FN2O5S2. The average Bonchev–Trinajstić information content (AvgIpc) is 3.46. The van der Waals surface area contributed by atoms with Gasteiger partial charge in [0, 0.05) is 6.42 Å². The van der Waals surface area contributed by atoms with Crippen molar-refractivity contribution in [1.29, 1.82) is 0 Å². The van der Waals surface area contributed by atoms with Gasteiger partial charge >= 0.3 is 0 Å². The Morgan fingerprint density at radius 1 is 1.18 bits per heavy atom. The summed E-state index contributed by atoms with van der Waals surface area (Å²) in [5, 5.41) is 0.398. The number of carbonyl (C=O) groups is 1. The van der Waals surface area contributed by atoms with E-state index >= 15 is 0 Å². The minimum Gasteiger partial charge on any atom is -0.497 e. The molecular weight excluding hydrogens is 467 g/mol. The summed E-state index contributed by atoms with van der Waals surface area (Å²) in [6, 6.07) is 13.8. The van der Waals surface area contributed by atoms with Gasteiger partial charge in [-0.25, -0.2) is 17.8 Å². The first-order valence-electron chi connectivity index (χ1n) is 10.1.